The topological polar surface area (TPSA) is 89.9 Å². The van der Waals surface area contributed by atoms with E-state index in [0.717, 1.165) is 6.08 Å². The van der Waals surface area contributed by atoms with Gasteiger partial charge in [0.2, 0.25) is 6.79 Å². The predicted octanol–water partition coefficient (Wildman–Crippen LogP) is 1.11. The molecule has 1 aliphatic carbocycles. The van der Waals surface area contributed by atoms with E-state index in [0.29, 0.717) is 25.7 Å². The third kappa shape index (κ3) is 4.20. The van der Waals surface area contributed by atoms with Crippen molar-refractivity contribution in [1.29, 1.82) is 0 Å². The molecule has 0 bridgehead atoms. The van der Waals surface area contributed by atoms with E-state index >= 15 is 0 Å². The number of aliphatic carboxylic acids is 1. The monoisotopic (exact) mass is 256 g/mol. The lowest BCUT2D eigenvalue weighted by Gasteiger charge is -2.24. The predicted molar refractivity (Wildman–Crippen MR) is 60.3 cm³/mol. The van der Waals surface area contributed by atoms with Crippen molar-refractivity contribution < 1.29 is 29.0 Å². The summed E-state index contributed by atoms with van der Waals surface area (Å²) in [6, 6.07) is 0. The molecule has 0 unspecified atom stereocenters. The van der Waals surface area contributed by atoms with Crippen molar-refractivity contribution in [2.75, 3.05) is 6.79 Å². The van der Waals surface area contributed by atoms with Gasteiger partial charge in [-0.05, 0) is 25.7 Å². The second-order valence-corrected chi connectivity index (χ2v) is 4.14. The molecule has 18 heavy (non-hydrogen) atoms. The van der Waals surface area contributed by atoms with E-state index in [1.807, 2.05) is 0 Å². The standard InChI is InChI=1S/C12H16O6/c1-2-10(13)17-7-18-12(16)9-5-3-8(4-6-9)11(14)15/h2,8-9H,1,3-7H2,(H,14,15). The first-order valence-corrected chi connectivity index (χ1v) is 5.73. The summed E-state index contributed by atoms with van der Waals surface area (Å²) in [5.74, 6) is -2.59. The largest absolute Gasteiger partial charge is 0.481 e. The van der Waals surface area contributed by atoms with E-state index in [1.165, 1.54) is 0 Å². The molecule has 100 valence electrons. The number of carbonyl (C=O) groups excluding carboxylic acids is 2. The van der Waals surface area contributed by atoms with Gasteiger partial charge >= 0.3 is 17.9 Å². The lowest BCUT2D eigenvalue weighted by atomic mass is 9.82. The Morgan fingerprint density at radius 1 is 1.11 bits per heavy atom. The van der Waals surface area contributed by atoms with E-state index in [-0.39, 0.29) is 11.8 Å². The molecule has 0 aromatic rings. The molecule has 1 saturated carbocycles. The van der Waals surface area contributed by atoms with E-state index < -0.39 is 24.7 Å². The quantitative estimate of drug-likeness (QED) is 0.450. The number of esters is 2. The Morgan fingerprint density at radius 3 is 2.17 bits per heavy atom. The van der Waals surface area contributed by atoms with Gasteiger partial charge in [0.1, 0.15) is 0 Å². The van der Waals surface area contributed by atoms with Crippen LogP contribution in [0.5, 0.6) is 0 Å². The van der Waals surface area contributed by atoms with Crippen LogP contribution >= 0.6 is 0 Å². The molecule has 1 aliphatic rings. The highest BCUT2D eigenvalue weighted by atomic mass is 16.7. The zero-order chi connectivity index (χ0) is 13.5. The number of rotatable bonds is 5. The Kier molecular flexibility index (Phi) is 5.35. The number of ether oxygens (including phenoxy) is 2. The first-order chi connectivity index (χ1) is 8.54. The van der Waals surface area contributed by atoms with Crippen molar-refractivity contribution in [3.8, 4) is 0 Å². The van der Waals surface area contributed by atoms with Gasteiger partial charge < -0.3 is 14.6 Å². The normalized spacial score (nSPS) is 22.9. The molecule has 0 aromatic carbocycles. The maximum Gasteiger partial charge on any atom is 0.333 e. The van der Waals surface area contributed by atoms with Gasteiger partial charge in [0, 0.05) is 6.08 Å². The lowest BCUT2D eigenvalue weighted by Crippen LogP contribution is -2.27. The fraction of sp³-hybridized carbons (Fsp3) is 0.583. The van der Waals surface area contributed by atoms with Gasteiger partial charge in [-0.3, -0.25) is 9.59 Å². The number of carbonyl (C=O) groups is 3. The lowest BCUT2D eigenvalue weighted by molar-refractivity contribution is -0.169. The van der Waals surface area contributed by atoms with Crippen LogP contribution in [0, 0.1) is 11.8 Å². The van der Waals surface area contributed by atoms with Crippen LogP contribution in [-0.2, 0) is 23.9 Å². The molecule has 0 aliphatic heterocycles. The van der Waals surface area contributed by atoms with Gasteiger partial charge in [-0.15, -0.1) is 0 Å². The molecule has 6 heteroatoms. The summed E-state index contributed by atoms with van der Waals surface area (Å²) in [6.45, 7) is 2.77. The zero-order valence-electron chi connectivity index (χ0n) is 9.96. The molecule has 0 atom stereocenters. The average molecular weight is 256 g/mol. The van der Waals surface area contributed by atoms with Crippen LogP contribution in [0.2, 0.25) is 0 Å². The molecular weight excluding hydrogens is 240 g/mol. The van der Waals surface area contributed by atoms with Crippen LogP contribution in [0.4, 0.5) is 0 Å². The third-order valence-corrected chi connectivity index (χ3v) is 2.98. The number of carboxylic acids is 1. The van der Waals surface area contributed by atoms with Crippen LogP contribution < -0.4 is 0 Å². The minimum atomic E-state index is -0.818. The van der Waals surface area contributed by atoms with Gasteiger partial charge in [0.25, 0.3) is 0 Å². The molecule has 0 aromatic heterocycles. The van der Waals surface area contributed by atoms with Gasteiger partial charge in [-0.1, -0.05) is 6.58 Å². The van der Waals surface area contributed by atoms with Crippen LogP contribution in [0.1, 0.15) is 25.7 Å². The van der Waals surface area contributed by atoms with E-state index in [9.17, 15) is 14.4 Å². The van der Waals surface area contributed by atoms with E-state index in [4.69, 9.17) is 9.84 Å². The zero-order valence-corrected chi connectivity index (χ0v) is 9.96. The highest BCUT2D eigenvalue weighted by Gasteiger charge is 2.30. The summed E-state index contributed by atoms with van der Waals surface area (Å²) < 4.78 is 9.29. The van der Waals surface area contributed by atoms with Gasteiger partial charge in [0.15, 0.2) is 0 Å². The molecule has 6 nitrogen and oxygen atoms in total. The molecule has 0 heterocycles. The first kappa shape index (κ1) is 14.2. The summed E-state index contributed by atoms with van der Waals surface area (Å²) in [5.41, 5.74) is 0. The Bertz CT molecular complexity index is 340. The molecular formula is C12H16O6. The van der Waals surface area contributed by atoms with Gasteiger partial charge in [-0.2, -0.15) is 0 Å². The Morgan fingerprint density at radius 2 is 1.67 bits per heavy atom. The van der Waals surface area contributed by atoms with Crippen LogP contribution in [-0.4, -0.2) is 29.8 Å². The fourth-order valence-electron chi connectivity index (χ4n) is 1.90. The maximum absolute atomic E-state index is 11.6. The van der Waals surface area contributed by atoms with Crippen molar-refractivity contribution in [2.24, 2.45) is 11.8 Å². The van der Waals surface area contributed by atoms with Gasteiger partial charge in [0.05, 0.1) is 11.8 Å². The summed E-state index contributed by atoms with van der Waals surface area (Å²) in [4.78, 5) is 33.0. The van der Waals surface area contributed by atoms with E-state index in [2.05, 4.69) is 11.3 Å². The Labute approximate surface area is 105 Å². The third-order valence-electron chi connectivity index (χ3n) is 2.98. The molecule has 0 saturated heterocycles. The highest BCUT2D eigenvalue weighted by molar-refractivity contribution is 5.81. The number of hydrogen-bond donors (Lipinski definition) is 1. The van der Waals surface area contributed by atoms with E-state index in [1.54, 1.807) is 0 Å². The molecule has 1 rings (SSSR count). The highest BCUT2D eigenvalue weighted by Crippen LogP contribution is 2.29. The Hall–Kier alpha value is -1.85. The van der Waals surface area contributed by atoms with Crippen molar-refractivity contribution in [2.45, 2.75) is 25.7 Å². The smallest absolute Gasteiger partial charge is 0.333 e. The van der Waals surface area contributed by atoms with Crippen LogP contribution in [0.15, 0.2) is 12.7 Å². The summed E-state index contributed by atoms with van der Waals surface area (Å²) >= 11 is 0. The number of hydrogen-bond acceptors (Lipinski definition) is 5. The SMILES string of the molecule is C=CC(=O)OCOC(=O)C1CCC(C(=O)O)CC1. The van der Waals surface area contributed by atoms with Crippen LogP contribution in [0.3, 0.4) is 0 Å². The summed E-state index contributed by atoms with van der Waals surface area (Å²) in [7, 11) is 0. The molecule has 0 amide bonds. The van der Waals surface area contributed by atoms with Crippen molar-refractivity contribution >= 4 is 17.9 Å². The molecule has 1 fully saturated rings. The summed E-state index contributed by atoms with van der Waals surface area (Å²) in [5, 5.41) is 8.81. The first-order valence-electron chi connectivity index (χ1n) is 5.73. The van der Waals surface area contributed by atoms with Crippen molar-refractivity contribution in [3.63, 3.8) is 0 Å². The number of carboxylic acid groups (broad SMARTS) is 1. The second-order valence-electron chi connectivity index (χ2n) is 4.14. The fourth-order valence-corrected chi connectivity index (χ4v) is 1.90. The molecule has 0 spiro atoms. The minimum Gasteiger partial charge on any atom is -0.481 e. The average Bonchev–Trinajstić information content (AvgIpc) is 2.38. The maximum atomic E-state index is 11.6. The minimum absolute atomic E-state index is 0.303. The van der Waals surface area contributed by atoms with Gasteiger partial charge in [-0.25, -0.2) is 4.79 Å². The van der Waals surface area contributed by atoms with Crippen LogP contribution in [0.25, 0.3) is 0 Å². The second kappa shape index (κ2) is 6.78. The summed E-state index contributed by atoms with van der Waals surface area (Å²) in [6.07, 6.45) is 2.91. The Balaban J connectivity index is 2.25. The molecule has 0 radical (unpaired) electrons. The van der Waals surface area contributed by atoms with Crippen molar-refractivity contribution in [1.82, 2.24) is 0 Å². The molecule has 1 N–H and O–H groups in total. The van der Waals surface area contributed by atoms with Crippen molar-refractivity contribution in [3.05, 3.63) is 12.7 Å².